The first-order valence-corrected chi connectivity index (χ1v) is 12.1. The van der Waals surface area contributed by atoms with Gasteiger partial charge in [-0.2, -0.15) is 0 Å². The minimum Gasteiger partial charge on any atom is -0.497 e. The average Bonchev–Trinajstić information content (AvgIpc) is 3.21. The van der Waals surface area contributed by atoms with E-state index in [1.807, 2.05) is 12.1 Å². The molecule has 202 valence electrons. The molecule has 0 radical (unpaired) electrons. The molecule has 1 heterocycles. The maximum Gasteiger partial charge on any atom is 0.421 e. The Morgan fingerprint density at radius 1 is 0.842 bits per heavy atom. The van der Waals surface area contributed by atoms with Crippen LogP contribution in [0.1, 0.15) is 47.1 Å². The number of carbonyl (C=O) groups is 3. The first-order valence-electron chi connectivity index (χ1n) is 12.1. The Hall–Kier alpha value is -4.34. The van der Waals surface area contributed by atoms with Crippen LogP contribution >= 0.6 is 0 Å². The van der Waals surface area contributed by atoms with Crippen molar-refractivity contribution in [3.63, 3.8) is 0 Å². The summed E-state index contributed by atoms with van der Waals surface area (Å²) in [6.07, 6.45) is 0.187. The van der Waals surface area contributed by atoms with Gasteiger partial charge in [0.15, 0.2) is 0 Å². The number of nitrogens with one attached hydrogen (secondary N) is 2. The summed E-state index contributed by atoms with van der Waals surface area (Å²) in [5.41, 5.74) is 0.938. The van der Waals surface area contributed by atoms with E-state index in [4.69, 9.17) is 14.2 Å². The molecule has 10 nitrogen and oxygen atoms in total. The molecule has 0 aliphatic carbocycles. The lowest BCUT2D eigenvalue weighted by Crippen LogP contribution is -2.31. The number of methoxy groups -OCH3 is 1. The highest BCUT2D eigenvalue weighted by molar-refractivity contribution is 5.93. The maximum atomic E-state index is 13.1. The molecule has 0 spiro atoms. The van der Waals surface area contributed by atoms with Gasteiger partial charge in [-0.1, -0.05) is 24.3 Å². The fraction of sp³-hybridized carbons (Fsp3) is 0.357. The first-order chi connectivity index (χ1) is 17.7. The molecule has 2 amide bonds. The number of hydrogen-bond donors (Lipinski definition) is 2. The van der Waals surface area contributed by atoms with Gasteiger partial charge in [0.25, 0.3) is 0 Å². The molecule has 3 rings (SSSR count). The molecule has 1 aromatic heterocycles. The minimum absolute atomic E-state index is 0.0413. The number of imidazole rings is 1. The molecule has 0 saturated carbocycles. The van der Waals surface area contributed by atoms with Gasteiger partial charge in [0, 0.05) is 11.3 Å². The molecular weight excluding hydrogens is 488 g/mol. The SMILES string of the molecule is COc1ccc(CC(=O)Nc2ccc(-c3cnc(NC(=O)OC(C)(C)C)n3C(=O)OC(C)(C)C)cc2)cc1. The highest BCUT2D eigenvalue weighted by Gasteiger charge is 2.26. The van der Waals surface area contributed by atoms with Crippen molar-refractivity contribution in [2.24, 2.45) is 0 Å². The molecule has 0 atom stereocenters. The molecule has 0 aliphatic rings. The van der Waals surface area contributed by atoms with Crippen LogP contribution in [0.15, 0.2) is 54.7 Å². The van der Waals surface area contributed by atoms with Gasteiger partial charge in [0.1, 0.15) is 17.0 Å². The Morgan fingerprint density at radius 3 is 2.00 bits per heavy atom. The monoisotopic (exact) mass is 522 g/mol. The summed E-state index contributed by atoms with van der Waals surface area (Å²) in [4.78, 5) is 42.2. The van der Waals surface area contributed by atoms with Crippen LogP contribution in [-0.4, -0.2) is 46.0 Å². The van der Waals surface area contributed by atoms with Crippen molar-refractivity contribution >= 4 is 29.7 Å². The topological polar surface area (TPSA) is 121 Å². The summed E-state index contributed by atoms with van der Waals surface area (Å²) < 4.78 is 17.2. The fourth-order valence-electron chi connectivity index (χ4n) is 3.39. The number of nitrogens with zero attached hydrogens (tertiary/aromatic N) is 2. The predicted molar refractivity (Wildman–Crippen MR) is 144 cm³/mol. The van der Waals surface area contributed by atoms with Crippen LogP contribution in [0.5, 0.6) is 5.75 Å². The van der Waals surface area contributed by atoms with Gasteiger partial charge >= 0.3 is 12.2 Å². The Bertz CT molecular complexity index is 1280. The van der Waals surface area contributed by atoms with Gasteiger partial charge in [0.2, 0.25) is 11.9 Å². The maximum absolute atomic E-state index is 13.1. The second-order valence-corrected chi connectivity index (χ2v) is 10.6. The predicted octanol–water partition coefficient (Wildman–Crippen LogP) is 5.87. The summed E-state index contributed by atoms with van der Waals surface area (Å²) >= 11 is 0. The van der Waals surface area contributed by atoms with Crippen LogP contribution in [0.4, 0.5) is 21.2 Å². The Morgan fingerprint density at radius 2 is 1.45 bits per heavy atom. The van der Waals surface area contributed by atoms with Gasteiger partial charge < -0.3 is 19.5 Å². The standard InChI is InChI=1S/C28H34N4O6/c1-27(2,3)37-25(34)31-24-29-17-22(32(24)26(35)38-28(4,5)6)19-10-12-20(13-11-19)30-23(33)16-18-8-14-21(36-7)15-9-18/h8-15,17H,16H2,1-7H3,(H,30,33)(H,29,31,34). The van der Waals surface area contributed by atoms with Gasteiger partial charge in [0.05, 0.1) is 25.4 Å². The molecule has 0 bridgehead atoms. The lowest BCUT2D eigenvalue weighted by atomic mass is 10.1. The largest absolute Gasteiger partial charge is 0.497 e. The summed E-state index contributed by atoms with van der Waals surface area (Å²) in [5, 5.41) is 5.38. The molecule has 3 aromatic rings. The zero-order valence-electron chi connectivity index (χ0n) is 22.7. The zero-order chi connectivity index (χ0) is 28.1. The van der Waals surface area contributed by atoms with E-state index in [1.165, 1.54) is 10.8 Å². The van der Waals surface area contributed by atoms with Gasteiger partial charge in [-0.15, -0.1) is 0 Å². The van der Waals surface area contributed by atoms with E-state index >= 15 is 0 Å². The summed E-state index contributed by atoms with van der Waals surface area (Å²) in [7, 11) is 1.59. The Balaban J connectivity index is 1.80. The summed E-state index contributed by atoms with van der Waals surface area (Å²) in [6.45, 7) is 10.4. The van der Waals surface area contributed by atoms with Crippen LogP contribution in [0.25, 0.3) is 11.3 Å². The Kier molecular flexibility index (Phi) is 8.45. The van der Waals surface area contributed by atoms with Crippen molar-refractivity contribution in [1.82, 2.24) is 9.55 Å². The normalized spacial score (nSPS) is 11.4. The molecule has 38 heavy (non-hydrogen) atoms. The first kappa shape index (κ1) is 28.2. The molecule has 0 saturated heterocycles. The quantitative estimate of drug-likeness (QED) is 0.415. The smallest absolute Gasteiger partial charge is 0.421 e. The van der Waals surface area contributed by atoms with E-state index in [0.29, 0.717) is 16.9 Å². The van der Waals surface area contributed by atoms with Crippen molar-refractivity contribution in [3.8, 4) is 17.0 Å². The lowest BCUT2D eigenvalue weighted by Gasteiger charge is -2.22. The van der Waals surface area contributed by atoms with Crippen LogP contribution in [-0.2, 0) is 20.7 Å². The number of aromatic nitrogens is 2. The van der Waals surface area contributed by atoms with Crippen molar-refractivity contribution in [2.75, 3.05) is 17.7 Å². The number of anilines is 2. The molecular formula is C28H34N4O6. The molecule has 2 N–H and O–H groups in total. The van der Waals surface area contributed by atoms with E-state index < -0.39 is 23.4 Å². The third-order valence-electron chi connectivity index (χ3n) is 4.94. The van der Waals surface area contributed by atoms with E-state index in [2.05, 4.69) is 15.6 Å². The number of hydrogen-bond acceptors (Lipinski definition) is 7. The van der Waals surface area contributed by atoms with E-state index in [1.54, 1.807) is 85.1 Å². The van der Waals surface area contributed by atoms with E-state index in [9.17, 15) is 14.4 Å². The summed E-state index contributed by atoms with van der Waals surface area (Å²) in [6, 6.07) is 14.2. The van der Waals surface area contributed by atoms with Crippen LogP contribution < -0.4 is 15.4 Å². The lowest BCUT2D eigenvalue weighted by molar-refractivity contribution is -0.115. The molecule has 0 aliphatic heterocycles. The van der Waals surface area contributed by atoms with Crippen molar-refractivity contribution in [2.45, 2.75) is 59.2 Å². The van der Waals surface area contributed by atoms with Crippen molar-refractivity contribution in [3.05, 3.63) is 60.3 Å². The average molecular weight is 523 g/mol. The van der Waals surface area contributed by atoms with Crippen LogP contribution in [0.2, 0.25) is 0 Å². The third kappa shape index (κ3) is 8.09. The van der Waals surface area contributed by atoms with Crippen LogP contribution in [0.3, 0.4) is 0 Å². The van der Waals surface area contributed by atoms with Crippen molar-refractivity contribution in [1.29, 1.82) is 0 Å². The number of carbonyl (C=O) groups excluding carboxylic acids is 3. The highest BCUT2D eigenvalue weighted by atomic mass is 16.6. The number of benzene rings is 2. The van der Waals surface area contributed by atoms with Gasteiger partial charge in [-0.3, -0.25) is 10.1 Å². The second-order valence-electron chi connectivity index (χ2n) is 10.6. The molecule has 10 heteroatoms. The van der Waals surface area contributed by atoms with Crippen LogP contribution in [0, 0.1) is 0 Å². The Labute approximate surface area is 222 Å². The van der Waals surface area contributed by atoms with E-state index in [-0.39, 0.29) is 18.3 Å². The third-order valence-corrected chi connectivity index (χ3v) is 4.94. The second kappa shape index (κ2) is 11.4. The molecule has 2 aromatic carbocycles. The summed E-state index contributed by atoms with van der Waals surface area (Å²) in [5.74, 6) is 0.505. The zero-order valence-corrected chi connectivity index (χ0v) is 22.7. The highest BCUT2D eigenvalue weighted by Crippen LogP contribution is 2.27. The minimum atomic E-state index is -0.778. The van der Waals surface area contributed by atoms with E-state index in [0.717, 1.165) is 11.3 Å². The van der Waals surface area contributed by atoms with Crippen molar-refractivity contribution < 1.29 is 28.6 Å². The van der Waals surface area contributed by atoms with Gasteiger partial charge in [-0.25, -0.2) is 19.1 Å². The molecule has 0 unspecified atom stereocenters. The number of amides is 2. The molecule has 0 fully saturated rings. The number of rotatable bonds is 6. The van der Waals surface area contributed by atoms with Gasteiger partial charge in [-0.05, 0) is 71.4 Å². The number of ether oxygens (including phenoxy) is 3. The fourth-order valence-corrected chi connectivity index (χ4v) is 3.39.